The second-order valence-corrected chi connectivity index (χ2v) is 3.72. The Hall–Kier alpha value is -1.65. The van der Waals surface area contributed by atoms with Gasteiger partial charge in [0.25, 0.3) is 0 Å². The van der Waals surface area contributed by atoms with Crippen molar-refractivity contribution in [2.24, 2.45) is 0 Å². The molecule has 0 bridgehead atoms. The first-order chi connectivity index (χ1) is 8.36. The molecule has 0 aliphatic heterocycles. The highest BCUT2D eigenvalue weighted by Gasteiger charge is 2.20. The minimum atomic E-state index is -0.206. The summed E-state index contributed by atoms with van der Waals surface area (Å²) in [5, 5.41) is 3.06. The van der Waals surface area contributed by atoms with Crippen LogP contribution in [0, 0.1) is 0 Å². The number of nitrogens with one attached hydrogen (secondary N) is 1. The molecule has 1 atom stereocenters. The molecule has 1 heterocycles. The SMILES string of the molecule is CNCc1ncoc1C(OC)c1ccccc1. The van der Waals surface area contributed by atoms with Crippen molar-refractivity contribution in [2.45, 2.75) is 12.6 Å². The van der Waals surface area contributed by atoms with Crippen molar-refractivity contribution in [1.82, 2.24) is 10.3 Å². The Bertz CT molecular complexity index is 453. The molecule has 1 aromatic carbocycles. The Morgan fingerprint density at radius 1 is 1.35 bits per heavy atom. The molecule has 0 aliphatic carbocycles. The first kappa shape index (κ1) is 11.8. The van der Waals surface area contributed by atoms with Crippen LogP contribution in [0.5, 0.6) is 0 Å². The van der Waals surface area contributed by atoms with Crippen LogP contribution in [0.3, 0.4) is 0 Å². The van der Waals surface area contributed by atoms with Crippen LogP contribution in [0.15, 0.2) is 41.1 Å². The van der Waals surface area contributed by atoms with Crippen LogP contribution in [0.2, 0.25) is 0 Å². The Labute approximate surface area is 101 Å². The fourth-order valence-corrected chi connectivity index (χ4v) is 1.81. The van der Waals surface area contributed by atoms with Gasteiger partial charge in [-0.3, -0.25) is 0 Å². The highest BCUT2D eigenvalue weighted by atomic mass is 16.5. The zero-order valence-corrected chi connectivity index (χ0v) is 10.0. The molecular weight excluding hydrogens is 216 g/mol. The van der Waals surface area contributed by atoms with Crippen LogP contribution in [0.4, 0.5) is 0 Å². The molecule has 4 nitrogen and oxygen atoms in total. The van der Waals surface area contributed by atoms with Gasteiger partial charge in [0.1, 0.15) is 6.10 Å². The topological polar surface area (TPSA) is 47.3 Å². The van der Waals surface area contributed by atoms with Gasteiger partial charge in [-0.1, -0.05) is 30.3 Å². The molecular formula is C13H16N2O2. The average molecular weight is 232 g/mol. The van der Waals surface area contributed by atoms with Gasteiger partial charge in [0.2, 0.25) is 0 Å². The third-order valence-electron chi connectivity index (χ3n) is 2.59. The van der Waals surface area contributed by atoms with Gasteiger partial charge in [-0.05, 0) is 12.6 Å². The summed E-state index contributed by atoms with van der Waals surface area (Å²) in [6, 6.07) is 9.97. The van der Waals surface area contributed by atoms with Crippen molar-refractivity contribution in [3.8, 4) is 0 Å². The summed E-state index contributed by atoms with van der Waals surface area (Å²) >= 11 is 0. The van der Waals surface area contributed by atoms with E-state index >= 15 is 0 Å². The van der Waals surface area contributed by atoms with Crippen LogP contribution in [-0.4, -0.2) is 19.1 Å². The van der Waals surface area contributed by atoms with Gasteiger partial charge in [-0.2, -0.15) is 0 Å². The number of benzene rings is 1. The van der Waals surface area contributed by atoms with Crippen LogP contribution >= 0.6 is 0 Å². The van der Waals surface area contributed by atoms with Crippen LogP contribution < -0.4 is 5.32 Å². The molecule has 0 radical (unpaired) electrons. The van der Waals surface area contributed by atoms with Crippen LogP contribution in [0.25, 0.3) is 0 Å². The van der Waals surface area contributed by atoms with Crippen molar-refractivity contribution < 1.29 is 9.15 Å². The molecule has 0 saturated heterocycles. The lowest BCUT2D eigenvalue weighted by atomic mass is 10.1. The summed E-state index contributed by atoms with van der Waals surface area (Å²) in [5.41, 5.74) is 1.94. The lowest BCUT2D eigenvalue weighted by Gasteiger charge is -2.14. The van der Waals surface area contributed by atoms with Gasteiger partial charge in [0.05, 0.1) is 5.69 Å². The Balaban J connectivity index is 2.32. The molecule has 17 heavy (non-hydrogen) atoms. The van der Waals surface area contributed by atoms with E-state index in [1.54, 1.807) is 7.11 Å². The fraction of sp³-hybridized carbons (Fsp3) is 0.308. The lowest BCUT2D eigenvalue weighted by Crippen LogP contribution is -2.11. The molecule has 1 aromatic heterocycles. The molecule has 0 fully saturated rings. The van der Waals surface area contributed by atoms with Gasteiger partial charge in [0.15, 0.2) is 12.2 Å². The van der Waals surface area contributed by atoms with E-state index in [1.807, 2.05) is 37.4 Å². The molecule has 0 aliphatic rings. The Kier molecular flexibility index (Phi) is 3.90. The zero-order chi connectivity index (χ0) is 12.1. The monoisotopic (exact) mass is 232 g/mol. The number of hydrogen-bond acceptors (Lipinski definition) is 4. The third kappa shape index (κ3) is 2.54. The van der Waals surface area contributed by atoms with Crippen molar-refractivity contribution in [2.75, 3.05) is 14.2 Å². The van der Waals surface area contributed by atoms with E-state index in [9.17, 15) is 0 Å². The number of hydrogen-bond donors (Lipinski definition) is 1. The predicted molar refractivity (Wildman–Crippen MR) is 64.6 cm³/mol. The Morgan fingerprint density at radius 3 is 2.76 bits per heavy atom. The summed E-state index contributed by atoms with van der Waals surface area (Å²) in [4.78, 5) is 4.19. The van der Waals surface area contributed by atoms with Crippen molar-refractivity contribution in [3.63, 3.8) is 0 Å². The summed E-state index contributed by atoms with van der Waals surface area (Å²) in [7, 11) is 3.55. The maximum absolute atomic E-state index is 5.51. The second-order valence-electron chi connectivity index (χ2n) is 3.72. The van der Waals surface area contributed by atoms with Crippen molar-refractivity contribution >= 4 is 0 Å². The number of oxazole rings is 1. The lowest BCUT2D eigenvalue weighted by molar-refractivity contribution is 0.115. The molecule has 90 valence electrons. The highest BCUT2D eigenvalue weighted by molar-refractivity contribution is 5.26. The van der Waals surface area contributed by atoms with Crippen molar-refractivity contribution in [3.05, 3.63) is 53.7 Å². The van der Waals surface area contributed by atoms with Gasteiger partial charge in [-0.15, -0.1) is 0 Å². The van der Waals surface area contributed by atoms with E-state index in [2.05, 4.69) is 10.3 Å². The largest absolute Gasteiger partial charge is 0.445 e. The van der Waals surface area contributed by atoms with Gasteiger partial charge in [-0.25, -0.2) is 4.98 Å². The molecule has 1 N–H and O–H groups in total. The second kappa shape index (κ2) is 5.61. The van der Waals surface area contributed by atoms with E-state index < -0.39 is 0 Å². The fourth-order valence-electron chi connectivity index (χ4n) is 1.81. The summed E-state index contributed by atoms with van der Waals surface area (Å²) in [6.07, 6.45) is 1.25. The normalized spacial score (nSPS) is 12.6. The zero-order valence-electron chi connectivity index (χ0n) is 10.0. The van der Waals surface area contributed by atoms with Crippen LogP contribution in [-0.2, 0) is 11.3 Å². The van der Waals surface area contributed by atoms with E-state index in [0.29, 0.717) is 6.54 Å². The van der Waals surface area contributed by atoms with E-state index in [-0.39, 0.29) is 6.10 Å². The highest BCUT2D eigenvalue weighted by Crippen LogP contribution is 2.27. The number of methoxy groups -OCH3 is 1. The molecule has 0 saturated carbocycles. The first-order valence-corrected chi connectivity index (χ1v) is 5.51. The number of aromatic nitrogens is 1. The smallest absolute Gasteiger partial charge is 0.181 e. The molecule has 2 aromatic rings. The molecule has 0 amide bonds. The van der Waals surface area contributed by atoms with E-state index in [0.717, 1.165) is 17.0 Å². The minimum absolute atomic E-state index is 0.206. The van der Waals surface area contributed by atoms with Gasteiger partial charge < -0.3 is 14.5 Å². The third-order valence-corrected chi connectivity index (χ3v) is 2.59. The molecule has 0 spiro atoms. The minimum Gasteiger partial charge on any atom is -0.445 e. The van der Waals surface area contributed by atoms with Gasteiger partial charge in [0, 0.05) is 13.7 Å². The maximum atomic E-state index is 5.51. The number of ether oxygens (including phenoxy) is 1. The summed E-state index contributed by atoms with van der Waals surface area (Å²) in [5.74, 6) is 0.757. The van der Waals surface area contributed by atoms with Crippen LogP contribution in [0.1, 0.15) is 23.1 Å². The first-order valence-electron chi connectivity index (χ1n) is 5.51. The summed E-state index contributed by atoms with van der Waals surface area (Å²) < 4.78 is 11.0. The van der Waals surface area contributed by atoms with E-state index in [1.165, 1.54) is 6.39 Å². The molecule has 4 heteroatoms. The molecule has 1 unspecified atom stereocenters. The number of nitrogens with zero attached hydrogens (tertiary/aromatic N) is 1. The summed E-state index contributed by atoms with van der Waals surface area (Å²) in [6.45, 7) is 0.665. The number of rotatable bonds is 5. The van der Waals surface area contributed by atoms with E-state index in [4.69, 9.17) is 9.15 Å². The molecule has 2 rings (SSSR count). The standard InChI is InChI=1S/C13H16N2O2/c1-14-8-11-13(17-9-15-11)12(16-2)10-6-4-3-5-7-10/h3-7,9,12,14H,8H2,1-2H3. The average Bonchev–Trinajstić information content (AvgIpc) is 2.81. The maximum Gasteiger partial charge on any atom is 0.181 e. The quantitative estimate of drug-likeness (QED) is 0.857. The van der Waals surface area contributed by atoms with Gasteiger partial charge >= 0.3 is 0 Å². The van der Waals surface area contributed by atoms with Crippen molar-refractivity contribution in [1.29, 1.82) is 0 Å². The Morgan fingerprint density at radius 2 is 2.12 bits per heavy atom. The predicted octanol–water partition coefficient (Wildman–Crippen LogP) is 2.13.